The SMILES string of the molecule is Cl.O=C1CCC(N2Cc3cc(N4CCN(C5CCNCC5)CC4)ccc3C2=O)C(=O)N1. The summed E-state index contributed by atoms with van der Waals surface area (Å²) in [4.78, 5) is 43.2. The Labute approximate surface area is 188 Å². The number of hydrogen-bond donors (Lipinski definition) is 2. The molecule has 1 atom stereocenters. The van der Waals surface area contributed by atoms with Gasteiger partial charge in [-0.1, -0.05) is 0 Å². The number of halogens is 1. The van der Waals surface area contributed by atoms with Gasteiger partial charge in [0.05, 0.1) is 0 Å². The molecule has 0 aromatic heterocycles. The molecule has 0 aliphatic carbocycles. The summed E-state index contributed by atoms with van der Waals surface area (Å²) in [5.74, 6) is -0.727. The van der Waals surface area contributed by atoms with E-state index >= 15 is 0 Å². The van der Waals surface area contributed by atoms with Crippen molar-refractivity contribution in [3.8, 4) is 0 Å². The number of nitrogens with zero attached hydrogens (tertiary/aromatic N) is 3. The zero-order chi connectivity index (χ0) is 20.7. The maximum absolute atomic E-state index is 12.9. The Morgan fingerprint density at radius 2 is 1.68 bits per heavy atom. The molecule has 1 unspecified atom stereocenters. The lowest BCUT2D eigenvalue weighted by Gasteiger charge is -2.41. The highest BCUT2D eigenvalue weighted by atomic mass is 35.5. The fraction of sp³-hybridized carbons (Fsp3) is 0.591. The minimum atomic E-state index is -0.556. The van der Waals surface area contributed by atoms with Gasteiger partial charge < -0.3 is 15.1 Å². The van der Waals surface area contributed by atoms with Crippen LogP contribution in [0.5, 0.6) is 0 Å². The number of hydrogen-bond acceptors (Lipinski definition) is 6. The first-order chi connectivity index (χ1) is 14.6. The van der Waals surface area contributed by atoms with Crippen molar-refractivity contribution in [3.05, 3.63) is 29.3 Å². The summed E-state index contributed by atoms with van der Waals surface area (Å²) in [5.41, 5.74) is 2.80. The number of piperidine rings is 2. The van der Waals surface area contributed by atoms with Crippen molar-refractivity contribution < 1.29 is 14.4 Å². The first-order valence-electron chi connectivity index (χ1n) is 11.1. The number of imide groups is 1. The average molecular weight is 448 g/mol. The summed E-state index contributed by atoms with van der Waals surface area (Å²) in [6.07, 6.45) is 3.15. The average Bonchev–Trinajstić information content (AvgIpc) is 3.10. The molecule has 3 amide bonds. The van der Waals surface area contributed by atoms with Gasteiger partial charge in [0.2, 0.25) is 11.8 Å². The molecule has 0 bridgehead atoms. The van der Waals surface area contributed by atoms with Gasteiger partial charge in [0, 0.05) is 56.4 Å². The quantitative estimate of drug-likeness (QED) is 0.665. The molecular formula is C22H30ClN5O3. The number of fused-ring (bicyclic) bond motifs is 1. The van der Waals surface area contributed by atoms with Crippen LogP contribution in [0.4, 0.5) is 5.69 Å². The van der Waals surface area contributed by atoms with Crippen molar-refractivity contribution in [1.82, 2.24) is 20.4 Å². The van der Waals surface area contributed by atoms with Crippen LogP contribution in [-0.4, -0.2) is 78.9 Å². The van der Waals surface area contributed by atoms with Gasteiger partial charge in [0.25, 0.3) is 5.91 Å². The zero-order valence-electron chi connectivity index (χ0n) is 17.6. The third kappa shape index (κ3) is 4.29. The summed E-state index contributed by atoms with van der Waals surface area (Å²) < 4.78 is 0. The minimum absolute atomic E-state index is 0. The molecule has 0 saturated carbocycles. The molecule has 31 heavy (non-hydrogen) atoms. The van der Waals surface area contributed by atoms with Gasteiger partial charge in [-0.3, -0.25) is 24.6 Å². The van der Waals surface area contributed by atoms with Crippen molar-refractivity contribution in [1.29, 1.82) is 0 Å². The second-order valence-corrected chi connectivity index (χ2v) is 8.75. The van der Waals surface area contributed by atoms with E-state index in [0.29, 0.717) is 24.6 Å². The first-order valence-corrected chi connectivity index (χ1v) is 11.1. The van der Waals surface area contributed by atoms with E-state index in [1.807, 2.05) is 12.1 Å². The van der Waals surface area contributed by atoms with Crippen LogP contribution in [0.25, 0.3) is 0 Å². The van der Waals surface area contributed by atoms with Gasteiger partial charge >= 0.3 is 0 Å². The van der Waals surface area contributed by atoms with Crippen LogP contribution in [0, 0.1) is 0 Å². The largest absolute Gasteiger partial charge is 0.369 e. The molecular weight excluding hydrogens is 418 g/mol. The van der Waals surface area contributed by atoms with Crippen molar-refractivity contribution in [2.45, 2.75) is 44.3 Å². The second kappa shape index (κ2) is 9.14. The van der Waals surface area contributed by atoms with E-state index in [4.69, 9.17) is 0 Å². The fourth-order valence-electron chi connectivity index (χ4n) is 5.27. The summed E-state index contributed by atoms with van der Waals surface area (Å²) in [5, 5.41) is 5.80. The number of rotatable bonds is 3. The monoisotopic (exact) mass is 447 g/mol. The Hall–Kier alpha value is -2.16. The lowest BCUT2D eigenvalue weighted by molar-refractivity contribution is -0.136. The number of carbonyl (C=O) groups excluding carboxylic acids is 3. The first kappa shape index (κ1) is 22.0. The fourth-order valence-corrected chi connectivity index (χ4v) is 5.27. The number of carbonyl (C=O) groups is 3. The third-order valence-electron chi connectivity index (χ3n) is 7.01. The highest BCUT2D eigenvalue weighted by molar-refractivity contribution is 6.05. The van der Waals surface area contributed by atoms with E-state index in [-0.39, 0.29) is 36.5 Å². The number of anilines is 1. The van der Waals surface area contributed by atoms with E-state index in [2.05, 4.69) is 26.5 Å². The molecule has 4 heterocycles. The molecule has 3 fully saturated rings. The predicted molar refractivity (Wildman–Crippen MR) is 119 cm³/mol. The number of amides is 3. The lowest BCUT2D eigenvalue weighted by atomic mass is 10.0. The third-order valence-corrected chi connectivity index (χ3v) is 7.01. The molecule has 1 aromatic carbocycles. The van der Waals surface area contributed by atoms with E-state index in [1.54, 1.807) is 4.90 Å². The Kier molecular flexibility index (Phi) is 6.50. The molecule has 0 radical (unpaired) electrons. The van der Waals surface area contributed by atoms with Crippen LogP contribution < -0.4 is 15.5 Å². The van der Waals surface area contributed by atoms with E-state index in [1.165, 1.54) is 12.8 Å². The molecule has 1 aromatic rings. The van der Waals surface area contributed by atoms with Crippen LogP contribution in [0.1, 0.15) is 41.6 Å². The number of piperazine rings is 1. The van der Waals surface area contributed by atoms with Gasteiger partial charge in [-0.2, -0.15) is 0 Å². The van der Waals surface area contributed by atoms with Crippen LogP contribution in [0.15, 0.2) is 18.2 Å². The van der Waals surface area contributed by atoms with Gasteiger partial charge in [0.15, 0.2) is 0 Å². The maximum atomic E-state index is 12.9. The molecule has 3 saturated heterocycles. The van der Waals surface area contributed by atoms with Crippen molar-refractivity contribution in [2.75, 3.05) is 44.2 Å². The predicted octanol–water partition coefficient (Wildman–Crippen LogP) is 0.743. The van der Waals surface area contributed by atoms with Crippen LogP contribution in [0.3, 0.4) is 0 Å². The summed E-state index contributed by atoms with van der Waals surface area (Å²) in [7, 11) is 0. The molecule has 2 N–H and O–H groups in total. The minimum Gasteiger partial charge on any atom is -0.369 e. The van der Waals surface area contributed by atoms with Gasteiger partial charge in [0.1, 0.15) is 6.04 Å². The number of nitrogens with one attached hydrogen (secondary N) is 2. The van der Waals surface area contributed by atoms with E-state index in [0.717, 1.165) is 50.5 Å². The smallest absolute Gasteiger partial charge is 0.255 e. The normalized spacial score (nSPS) is 25.3. The highest BCUT2D eigenvalue weighted by Crippen LogP contribution is 2.31. The second-order valence-electron chi connectivity index (χ2n) is 8.75. The molecule has 5 rings (SSSR count). The standard InChI is InChI=1S/C22H29N5O3.ClH/c28-20-4-3-19(21(29)24-20)27-14-15-13-17(1-2-18(15)22(27)30)26-11-9-25(10-12-26)16-5-7-23-8-6-16;/h1-2,13,16,19,23H,3-12,14H2,(H,24,28,29);1H. The van der Waals surface area contributed by atoms with Crippen LogP contribution in [-0.2, 0) is 16.1 Å². The van der Waals surface area contributed by atoms with Crippen molar-refractivity contribution in [2.24, 2.45) is 0 Å². The highest BCUT2D eigenvalue weighted by Gasteiger charge is 2.39. The molecule has 0 spiro atoms. The Morgan fingerprint density at radius 3 is 2.39 bits per heavy atom. The molecule has 4 aliphatic heterocycles. The Morgan fingerprint density at radius 1 is 0.935 bits per heavy atom. The van der Waals surface area contributed by atoms with Crippen LogP contribution >= 0.6 is 12.4 Å². The Bertz CT molecular complexity index is 865. The summed E-state index contributed by atoms with van der Waals surface area (Å²) in [6, 6.07) is 6.19. The maximum Gasteiger partial charge on any atom is 0.255 e. The van der Waals surface area contributed by atoms with E-state index < -0.39 is 6.04 Å². The van der Waals surface area contributed by atoms with Gasteiger partial charge in [-0.15, -0.1) is 12.4 Å². The zero-order valence-corrected chi connectivity index (χ0v) is 18.5. The molecule has 4 aliphatic rings. The summed E-state index contributed by atoms with van der Waals surface area (Å²) in [6.45, 7) is 6.80. The molecule has 8 nitrogen and oxygen atoms in total. The molecule has 9 heteroatoms. The lowest BCUT2D eigenvalue weighted by Crippen LogP contribution is -2.52. The van der Waals surface area contributed by atoms with Crippen molar-refractivity contribution >= 4 is 35.8 Å². The topological polar surface area (TPSA) is 85.0 Å². The van der Waals surface area contributed by atoms with Gasteiger partial charge in [-0.05, 0) is 56.1 Å². The number of benzene rings is 1. The van der Waals surface area contributed by atoms with Gasteiger partial charge in [-0.25, -0.2) is 0 Å². The van der Waals surface area contributed by atoms with Crippen LogP contribution in [0.2, 0.25) is 0 Å². The van der Waals surface area contributed by atoms with Crippen molar-refractivity contribution in [3.63, 3.8) is 0 Å². The van der Waals surface area contributed by atoms with E-state index in [9.17, 15) is 14.4 Å². The Balaban J connectivity index is 0.00000231. The molecule has 168 valence electrons. The summed E-state index contributed by atoms with van der Waals surface area (Å²) >= 11 is 0.